The number of benzene rings is 1. The topological polar surface area (TPSA) is 55.1 Å². The first-order valence-electron chi connectivity index (χ1n) is 6.85. The molecular formula is C15H19FN2OS. The van der Waals surface area contributed by atoms with Gasteiger partial charge in [-0.2, -0.15) is 0 Å². The highest BCUT2D eigenvalue weighted by atomic mass is 32.1. The molecule has 0 aliphatic rings. The smallest absolute Gasteiger partial charge is 0.263 e. The highest BCUT2D eigenvalue weighted by Crippen LogP contribution is 2.34. The van der Waals surface area contributed by atoms with E-state index in [0.717, 1.165) is 24.0 Å². The van der Waals surface area contributed by atoms with Gasteiger partial charge in [-0.1, -0.05) is 20.3 Å². The van der Waals surface area contributed by atoms with Gasteiger partial charge in [-0.15, -0.1) is 11.3 Å². The second-order valence-corrected chi connectivity index (χ2v) is 5.90. The van der Waals surface area contributed by atoms with Crippen LogP contribution in [0, 0.1) is 5.82 Å². The molecule has 2 rings (SSSR count). The number of carbonyl (C=O) groups excluding carboxylic acids is 1. The normalized spacial score (nSPS) is 12.6. The number of fused-ring (bicyclic) bond motifs is 1. The van der Waals surface area contributed by atoms with Crippen LogP contribution in [-0.4, -0.2) is 11.9 Å². The fraction of sp³-hybridized carbons (Fsp3) is 0.400. The monoisotopic (exact) mass is 294 g/mol. The van der Waals surface area contributed by atoms with Gasteiger partial charge in [0, 0.05) is 16.1 Å². The van der Waals surface area contributed by atoms with E-state index >= 15 is 0 Å². The first kappa shape index (κ1) is 14.8. The first-order chi connectivity index (χ1) is 9.56. The minimum atomic E-state index is -0.341. The molecule has 2 aromatic rings. The van der Waals surface area contributed by atoms with Crippen LogP contribution >= 0.6 is 11.3 Å². The maximum Gasteiger partial charge on any atom is 0.263 e. The third-order valence-electron chi connectivity index (χ3n) is 3.36. The molecule has 1 atom stereocenters. The number of halogens is 1. The molecule has 0 saturated heterocycles. The minimum absolute atomic E-state index is 0.161. The van der Waals surface area contributed by atoms with E-state index in [4.69, 9.17) is 5.73 Å². The third kappa shape index (κ3) is 2.93. The van der Waals surface area contributed by atoms with E-state index < -0.39 is 0 Å². The lowest BCUT2D eigenvalue weighted by molar-refractivity contribution is 0.0938. The fourth-order valence-corrected chi connectivity index (χ4v) is 3.24. The molecule has 5 heteroatoms. The van der Waals surface area contributed by atoms with Gasteiger partial charge in [0.2, 0.25) is 0 Å². The van der Waals surface area contributed by atoms with Crippen LogP contribution in [0.1, 0.15) is 42.8 Å². The van der Waals surface area contributed by atoms with E-state index in [9.17, 15) is 9.18 Å². The first-order valence-corrected chi connectivity index (χ1v) is 7.66. The molecule has 0 aliphatic carbocycles. The van der Waals surface area contributed by atoms with E-state index in [0.29, 0.717) is 16.0 Å². The Morgan fingerprint density at radius 1 is 1.45 bits per heavy atom. The average molecular weight is 294 g/mol. The van der Waals surface area contributed by atoms with E-state index in [-0.39, 0.29) is 17.8 Å². The summed E-state index contributed by atoms with van der Waals surface area (Å²) >= 11 is 1.31. The van der Waals surface area contributed by atoms with E-state index in [1.807, 2.05) is 6.92 Å². The largest absolute Gasteiger partial charge is 0.397 e. The SMILES string of the molecule is CCCC(CC)NC(=O)c1sc2ccc(F)cc2c1N. The predicted molar refractivity (Wildman–Crippen MR) is 82.6 cm³/mol. The van der Waals surface area contributed by atoms with Gasteiger partial charge < -0.3 is 11.1 Å². The number of amides is 1. The van der Waals surface area contributed by atoms with Crippen LogP contribution in [0.2, 0.25) is 0 Å². The van der Waals surface area contributed by atoms with Crippen LogP contribution in [0.25, 0.3) is 10.1 Å². The molecule has 1 aromatic heterocycles. The van der Waals surface area contributed by atoms with Crippen LogP contribution in [0.4, 0.5) is 10.1 Å². The van der Waals surface area contributed by atoms with Gasteiger partial charge in [0.25, 0.3) is 5.91 Å². The summed E-state index contributed by atoms with van der Waals surface area (Å²) in [6.07, 6.45) is 2.85. The van der Waals surface area contributed by atoms with E-state index in [1.165, 1.54) is 23.5 Å². The van der Waals surface area contributed by atoms with Crippen molar-refractivity contribution in [2.45, 2.75) is 39.2 Å². The van der Waals surface area contributed by atoms with Crippen LogP contribution < -0.4 is 11.1 Å². The molecule has 3 nitrogen and oxygen atoms in total. The van der Waals surface area contributed by atoms with Crippen molar-refractivity contribution < 1.29 is 9.18 Å². The molecule has 0 aliphatic heterocycles. The molecule has 1 amide bonds. The zero-order chi connectivity index (χ0) is 14.7. The molecule has 108 valence electrons. The highest BCUT2D eigenvalue weighted by Gasteiger charge is 2.18. The highest BCUT2D eigenvalue weighted by molar-refractivity contribution is 7.21. The summed E-state index contributed by atoms with van der Waals surface area (Å²) in [5.41, 5.74) is 6.35. The van der Waals surface area contributed by atoms with Crippen molar-refractivity contribution in [2.75, 3.05) is 5.73 Å². The van der Waals surface area contributed by atoms with Crippen LogP contribution in [0.5, 0.6) is 0 Å². The van der Waals surface area contributed by atoms with Crippen molar-refractivity contribution >= 4 is 33.0 Å². The maximum absolute atomic E-state index is 13.2. The predicted octanol–water partition coefficient (Wildman–Crippen LogP) is 3.93. The maximum atomic E-state index is 13.2. The summed E-state index contributed by atoms with van der Waals surface area (Å²) in [7, 11) is 0. The van der Waals surface area contributed by atoms with Crippen molar-refractivity contribution in [3.05, 3.63) is 28.9 Å². The van der Waals surface area contributed by atoms with Gasteiger partial charge in [0.1, 0.15) is 10.7 Å². The van der Waals surface area contributed by atoms with Crippen molar-refractivity contribution in [3.63, 3.8) is 0 Å². The molecule has 3 N–H and O–H groups in total. The number of rotatable bonds is 5. The Morgan fingerprint density at radius 2 is 2.20 bits per heavy atom. The van der Waals surface area contributed by atoms with Crippen molar-refractivity contribution in [1.82, 2.24) is 5.32 Å². The molecule has 0 bridgehead atoms. The molecule has 0 fully saturated rings. The Balaban J connectivity index is 2.28. The number of carbonyl (C=O) groups is 1. The van der Waals surface area contributed by atoms with Gasteiger partial charge in [-0.05, 0) is 31.0 Å². The van der Waals surface area contributed by atoms with E-state index in [2.05, 4.69) is 12.2 Å². The molecule has 0 spiro atoms. The Hall–Kier alpha value is -1.62. The lowest BCUT2D eigenvalue weighted by Crippen LogP contribution is -2.34. The molecule has 1 aromatic carbocycles. The Bertz CT molecular complexity index is 624. The number of nitrogen functional groups attached to an aromatic ring is 1. The van der Waals surface area contributed by atoms with Gasteiger partial charge in [0.15, 0.2) is 0 Å². The molecule has 1 heterocycles. The number of nitrogens with two attached hydrogens (primary N) is 1. The third-order valence-corrected chi connectivity index (χ3v) is 4.55. The summed E-state index contributed by atoms with van der Waals surface area (Å²) in [5, 5.41) is 3.61. The average Bonchev–Trinajstić information content (AvgIpc) is 2.75. The fourth-order valence-electron chi connectivity index (χ4n) is 2.24. The van der Waals surface area contributed by atoms with Crippen molar-refractivity contribution in [3.8, 4) is 0 Å². The van der Waals surface area contributed by atoms with Crippen LogP contribution in [0.15, 0.2) is 18.2 Å². The standard InChI is InChI=1S/C15H19FN2OS/c1-3-5-10(4-2)18-15(19)14-13(17)11-8-9(16)6-7-12(11)20-14/h6-8,10H,3-5,17H2,1-2H3,(H,18,19). The van der Waals surface area contributed by atoms with Gasteiger partial charge in [-0.25, -0.2) is 4.39 Å². The number of hydrogen-bond acceptors (Lipinski definition) is 3. The molecule has 1 unspecified atom stereocenters. The van der Waals surface area contributed by atoms with Crippen molar-refractivity contribution in [1.29, 1.82) is 0 Å². The molecule has 0 radical (unpaired) electrons. The number of nitrogens with one attached hydrogen (secondary N) is 1. The van der Waals surface area contributed by atoms with Crippen LogP contribution in [-0.2, 0) is 0 Å². The number of thiophene rings is 1. The zero-order valence-corrected chi connectivity index (χ0v) is 12.5. The molecule has 20 heavy (non-hydrogen) atoms. The van der Waals surface area contributed by atoms with Crippen molar-refractivity contribution in [2.24, 2.45) is 0 Å². The summed E-state index contributed by atoms with van der Waals surface area (Å²) in [4.78, 5) is 12.8. The number of anilines is 1. The lowest BCUT2D eigenvalue weighted by atomic mass is 10.1. The summed E-state index contributed by atoms with van der Waals surface area (Å²) < 4.78 is 14.1. The second-order valence-electron chi connectivity index (χ2n) is 4.85. The quantitative estimate of drug-likeness (QED) is 0.877. The van der Waals surface area contributed by atoms with E-state index in [1.54, 1.807) is 6.07 Å². The number of hydrogen-bond donors (Lipinski definition) is 2. The Kier molecular flexibility index (Phi) is 4.60. The zero-order valence-electron chi connectivity index (χ0n) is 11.7. The molecule has 0 saturated carbocycles. The van der Waals surface area contributed by atoms with Gasteiger partial charge >= 0.3 is 0 Å². The second kappa shape index (κ2) is 6.22. The summed E-state index contributed by atoms with van der Waals surface area (Å²) in [5.74, 6) is -0.504. The van der Waals surface area contributed by atoms with Crippen LogP contribution in [0.3, 0.4) is 0 Å². The lowest BCUT2D eigenvalue weighted by Gasteiger charge is -2.15. The Labute approximate surface area is 122 Å². The molecular weight excluding hydrogens is 275 g/mol. The Morgan fingerprint density at radius 3 is 2.85 bits per heavy atom. The summed E-state index contributed by atoms with van der Waals surface area (Å²) in [6.45, 7) is 4.13. The summed E-state index contributed by atoms with van der Waals surface area (Å²) in [6, 6.07) is 4.58. The van der Waals surface area contributed by atoms with Gasteiger partial charge in [-0.3, -0.25) is 4.79 Å². The minimum Gasteiger partial charge on any atom is -0.397 e. The van der Waals surface area contributed by atoms with Gasteiger partial charge in [0.05, 0.1) is 5.69 Å².